The first-order valence-electron chi connectivity index (χ1n) is 6.31. The first kappa shape index (κ1) is 16.2. The smallest absolute Gasteiger partial charge is 0.207 e. The van der Waals surface area contributed by atoms with Gasteiger partial charge in [-0.15, -0.1) is 0 Å². The summed E-state index contributed by atoms with van der Waals surface area (Å²) in [6.45, 7) is 3.92. The first-order chi connectivity index (χ1) is 9.45. The van der Waals surface area contributed by atoms with Crippen LogP contribution in [0.3, 0.4) is 0 Å². The highest BCUT2D eigenvalue weighted by atomic mass is 32.2. The van der Waals surface area contributed by atoms with Crippen molar-refractivity contribution in [3.8, 4) is 12.1 Å². The Kier molecular flexibility index (Phi) is 5.69. The molecule has 0 N–H and O–H groups in total. The minimum atomic E-state index is -3.59. The maximum atomic E-state index is 12.4. The zero-order valence-corrected chi connectivity index (χ0v) is 12.4. The fourth-order valence-corrected chi connectivity index (χ4v) is 3.30. The third-order valence-corrected chi connectivity index (χ3v) is 4.85. The second-order valence-corrected chi connectivity index (χ2v) is 6.40. The van der Waals surface area contributed by atoms with Gasteiger partial charge in [-0.25, -0.2) is 8.42 Å². The summed E-state index contributed by atoms with van der Waals surface area (Å²) < 4.78 is 26.2. The lowest BCUT2D eigenvalue weighted by Gasteiger charge is -2.21. The normalized spacial score (nSPS) is 12.7. The van der Waals surface area contributed by atoms with Gasteiger partial charge in [0, 0.05) is 13.1 Å². The van der Waals surface area contributed by atoms with Crippen molar-refractivity contribution < 1.29 is 8.42 Å². The molecule has 0 saturated carbocycles. The summed E-state index contributed by atoms with van der Waals surface area (Å²) in [4.78, 5) is 0.186. The predicted octanol–water partition coefficient (Wildman–Crippen LogP) is 1.92. The maximum Gasteiger partial charge on any atom is 0.243 e. The van der Waals surface area contributed by atoms with Crippen LogP contribution in [0.5, 0.6) is 0 Å². The molecule has 0 fully saturated rings. The van der Waals surface area contributed by atoms with Gasteiger partial charge in [-0.1, -0.05) is 19.1 Å². The van der Waals surface area contributed by atoms with Crippen molar-refractivity contribution in [1.29, 1.82) is 10.5 Å². The fourth-order valence-electron chi connectivity index (χ4n) is 1.76. The van der Waals surface area contributed by atoms with E-state index in [1.54, 1.807) is 26.0 Å². The topological polar surface area (TPSA) is 85.0 Å². The van der Waals surface area contributed by atoms with Crippen molar-refractivity contribution in [2.45, 2.75) is 25.2 Å². The van der Waals surface area contributed by atoms with Crippen LogP contribution < -0.4 is 0 Å². The lowest BCUT2D eigenvalue weighted by molar-refractivity contribution is 0.400. The number of benzene rings is 1. The molecule has 0 bridgehead atoms. The molecule has 1 unspecified atom stereocenters. The largest absolute Gasteiger partial charge is 0.243 e. The molecular formula is C14H17N3O2S. The second-order valence-electron chi connectivity index (χ2n) is 4.46. The molecule has 0 spiro atoms. The zero-order valence-electron chi connectivity index (χ0n) is 11.6. The van der Waals surface area contributed by atoms with E-state index in [9.17, 15) is 8.42 Å². The molecule has 0 aliphatic carbocycles. The Morgan fingerprint density at radius 2 is 1.85 bits per heavy atom. The Labute approximate surface area is 120 Å². The third kappa shape index (κ3) is 3.80. The van der Waals surface area contributed by atoms with Crippen molar-refractivity contribution >= 4 is 10.0 Å². The van der Waals surface area contributed by atoms with Gasteiger partial charge in [0.2, 0.25) is 10.0 Å². The average Bonchev–Trinajstić information content (AvgIpc) is 2.45. The van der Waals surface area contributed by atoms with Crippen LogP contribution in [0.1, 0.15) is 19.4 Å². The maximum absolute atomic E-state index is 12.4. The quantitative estimate of drug-likeness (QED) is 0.801. The van der Waals surface area contributed by atoms with Crippen molar-refractivity contribution in [2.24, 2.45) is 5.92 Å². The standard InChI is InChI=1S/C14H17N3O2S/c1-3-17(11-12(2)10-16)20(18,19)14-6-4-13(5-7-14)8-9-15/h4-7,12H,3,8,11H2,1-2H3. The van der Waals surface area contributed by atoms with Crippen molar-refractivity contribution in [3.05, 3.63) is 29.8 Å². The van der Waals surface area contributed by atoms with Gasteiger partial charge in [-0.05, 0) is 24.6 Å². The monoisotopic (exact) mass is 291 g/mol. The summed E-state index contributed by atoms with van der Waals surface area (Å²) in [6.07, 6.45) is 0.253. The van der Waals surface area contributed by atoms with E-state index >= 15 is 0 Å². The molecule has 1 atom stereocenters. The molecular weight excluding hydrogens is 274 g/mol. The summed E-state index contributed by atoms with van der Waals surface area (Å²) >= 11 is 0. The summed E-state index contributed by atoms with van der Waals surface area (Å²) in [7, 11) is -3.59. The summed E-state index contributed by atoms with van der Waals surface area (Å²) in [5.41, 5.74) is 0.778. The Hall–Kier alpha value is -1.89. The molecule has 0 aliphatic heterocycles. The summed E-state index contributed by atoms with van der Waals surface area (Å²) in [6, 6.07) is 10.3. The van der Waals surface area contributed by atoms with E-state index in [1.807, 2.05) is 12.1 Å². The molecule has 1 rings (SSSR count). The second kappa shape index (κ2) is 7.04. The SMILES string of the molecule is CCN(CC(C)C#N)S(=O)(=O)c1ccc(CC#N)cc1. The van der Waals surface area contributed by atoms with Crippen molar-refractivity contribution in [2.75, 3.05) is 13.1 Å². The van der Waals surface area contributed by atoms with Gasteiger partial charge in [-0.2, -0.15) is 14.8 Å². The fraction of sp³-hybridized carbons (Fsp3) is 0.429. The van der Waals surface area contributed by atoms with E-state index < -0.39 is 10.0 Å². The molecule has 106 valence electrons. The number of nitrogens with zero attached hydrogens (tertiary/aromatic N) is 3. The Morgan fingerprint density at radius 3 is 2.30 bits per heavy atom. The molecule has 0 aliphatic rings. The van der Waals surface area contributed by atoms with Gasteiger partial charge >= 0.3 is 0 Å². The van der Waals surface area contributed by atoms with Crippen LogP contribution in [0.15, 0.2) is 29.2 Å². The third-order valence-electron chi connectivity index (χ3n) is 2.89. The van der Waals surface area contributed by atoms with Crippen LogP contribution >= 0.6 is 0 Å². The zero-order chi connectivity index (χ0) is 15.2. The van der Waals surface area contributed by atoms with Crippen LogP contribution in [0.25, 0.3) is 0 Å². The Bertz CT molecular complexity index is 624. The van der Waals surface area contributed by atoms with E-state index in [2.05, 4.69) is 0 Å². The van der Waals surface area contributed by atoms with Gasteiger partial charge in [0.05, 0.1) is 29.4 Å². The predicted molar refractivity (Wildman–Crippen MR) is 75.0 cm³/mol. The molecule has 0 saturated heterocycles. The first-order valence-corrected chi connectivity index (χ1v) is 7.75. The van der Waals surface area contributed by atoms with Gasteiger partial charge in [0.1, 0.15) is 0 Å². The summed E-state index contributed by atoms with van der Waals surface area (Å²) in [5.74, 6) is -0.359. The van der Waals surface area contributed by atoms with Crippen LogP contribution in [0.4, 0.5) is 0 Å². The molecule has 6 heteroatoms. The van der Waals surface area contributed by atoms with E-state index in [0.717, 1.165) is 5.56 Å². The molecule has 0 amide bonds. The highest BCUT2D eigenvalue weighted by Crippen LogP contribution is 2.17. The molecule has 0 radical (unpaired) electrons. The lowest BCUT2D eigenvalue weighted by atomic mass is 10.2. The molecule has 0 heterocycles. The van der Waals surface area contributed by atoms with Crippen molar-refractivity contribution in [3.63, 3.8) is 0 Å². The highest BCUT2D eigenvalue weighted by Gasteiger charge is 2.24. The average molecular weight is 291 g/mol. The van der Waals surface area contributed by atoms with E-state index in [-0.39, 0.29) is 23.8 Å². The van der Waals surface area contributed by atoms with Crippen LogP contribution in [0, 0.1) is 28.6 Å². The molecule has 1 aromatic carbocycles. The van der Waals surface area contributed by atoms with Crippen LogP contribution in [0.2, 0.25) is 0 Å². The van der Waals surface area contributed by atoms with E-state index in [1.165, 1.54) is 16.4 Å². The molecule has 20 heavy (non-hydrogen) atoms. The van der Waals surface area contributed by atoms with Gasteiger partial charge in [0.15, 0.2) is 0 Å². The van der Waals surface area contributed by atoms with Crippen LogP contribution in [-0.2, 0) is 16.4 Å². The highest BCUT2D eigenvalue weighted by molar-refractivity contribution is 7.89. The van der Waals surface area contributed by atoms with Gasteiger partial charge in [-0.3, -0.25) is 0 Å². The Balaban J connectivity index is 3.02. The molecule has 5 nitrogen and oxygen atoms in total. The lowest BCUT2D eigenvalue weighted by Crippen LogP contribution is -2.34. The van der Waals surface area contributed by atoms with E-state index in [4.69, 9.17) is 10.5 Å². The number of hydrogen-bond acceptors (Lipinski definition) is 4. The number of rotatable bonds is 6. The molecule has 0 aromatic heterocycles. The number of hydrogen-bond donors (Lipinski definition) is 0. The van der Waals surface area contributed by atoms with Gasteiger partial charge < -0.3 is 0 Å². The number of sulfonamides is 1. The van der Waals surface area contributed by atoms with E-state index in [0.29, 0.717) is 6.54 Å². The van der Waals surface area contributed by atoms with Crippen LogP contribution in [-0.4, -0.2) is 25.8 Å². The molecule has 1 aromatic rings. The minimum Gasteiger partial charge on any atom is -0.207 e. The van der Waals surface area contributed by atoms with Crippen molar-refractivity contribution in [1.82, 2.24) is 4.31 Å². The minimum absolute atomic E-state index is 0.176. The van der Waals surface area contributed by atoms with Gasteiger partial charge in [0.25, 0.3) is 0 Å². The Morgan fingerprint density at radius 1 is 1.25 bits per heavy atom. The number of nitriles is 2. The summed E-state index contributed by atoms with van der Waals surface area (Å²) in [5, 5.41) is 17.4.